The molecule has 0 spiro atoms. The molecule has 0 saturated heterocycles. The minimum absolute atomic E-state index is 0.347. The SMILES string of the molecule is CCCNC(COCC)Cc1ccc(OC)nc1. The van der Waals surface area contributed by atoms with Crippen LogP contribution in [0, 0.1) is 0 Å². The summed E-state index contributed by atoms with van der Waals surface area (Å²) in [6.07, 6.45) is 3.92. The van der Waals surface area contributed by atoms with Crippen molar-refractivity contribution < 1.29 is 9.47 Å². The summed E-state index contributed by atoms with van der Waals surface area (Å²) in [6, 6.07) is 4.30. The van der Waals surface area contributed by atoms with Crippen molar-refractivity contribution in [3.05, 3.63) is 23.9 Å². The normalized spacial score (nSPS) is 12.4. The molecule has 1 unspecified atom stereocenters. The molecule has 0 aliphatic carbocycles. The first-order valence-electron chi connectivity index (χ1n) is 6.60. The van der Waals surface area contributed by atoms with Crippen LogP contribution in [-0.2, 0) is 11.2 Å². The number of hydrogen-bond acceptors (Lipinski definition) is 4. The van der Waals surface area contributed by atoms with Gasteiger partial charge in [0.05, 0.1) is 13.7 Å². The van der Waals surface area contributed by atoms with Gasteiger partial charge in [-0.15, -0.1) is 0 Å². The molecule has 0 aliphatic heterocycles. The fourth-order valence-corrected chi connectivity index (χ4v) is 1.74. The van der Waals surface area contributed by atoms with Crippen molar-refractivity contribution in [3.63, 3.8) is 0 Å². The zero-order chi connectivity index (χ0) is 13.2. The van der Waals surface area contributed by atoms with E-state index in [1.165, 1.54) is 5.56 Å². The van der Waals surface area contributed by atoms with Gasteiger partial charge in [0.15, 0.2) is 0 Å². The molecule has 0 fully saturated rings. The van der Waals surface area contributed by atoms with Crippen LogP contribution >= 0.6 is 0 Å². The van der Waals surface area contributed by atoms with E-state index in [9.17, 15) is 0 Å². The van der Waals surface area contributed by atoms with Crippen LogP contribution in [0.15, 0.2) is 18.3 Å². The predicted octanol–water partition coefficient (Wildman–Crippen LogP) is 2.04. The summed E-state index contributed by atoms with van der Waals surface area (Å²) >= 11 is 0. The first-order chi connectivity index (χ1) is 8.80. The van der Waals surface area contributed by atoms with Crippen LogP contribution in [0.2, 0.25) is 0 Å². The van der Waals surface area contributed by atoms with Crippen molar-refractivity contribution in [2.24, 2.45) is 0 Å². The van der Waals surface area contributed by atoms with E-state index in [0.717, 1.165) is 32.6 Å². The molecule has 1 atom stereocenters. The Morgan fingerprint density at radius 1 is 1.33 bits per heavy atom. The lowest BCUT2D eigenvalue weighted by atomic mass is 10.1. The number of pyridine rings is 1. The third-order valence-corrected chi connectivity index (χ3v) is 2.70. The van der Waals surface area contributed by atoms with Gasteiger partial charge in [0.2, 0.25) is 5.88 Å². The lowest BCUT2D eigenvalue weighted by Gasteiger charge is -2.18. The maximum Gasteiger partial charge on any atom is 0.212 e. The number of ether oxygens (including phenoxy) is 2. The maximum absolute atomic E-state index is 5.50. The van der Waals surface area contributed by atoms with Gasteiger partial charge in [-0.2, -0.15) is 0 Å². The van der Waals surface area contributed by atoms with Gasteiger partial charge in [0, 0.05) is 24.9 Å². The highest BCUT2D eigenvalue weighted by Crippen LogP contribution is 2.09. The zero-order valence-electron chi connectivity index (χ0n) is 11.6. The third-order valence-electron chi connectivity index (χ3n) is 2.70. The molecule has 0 aliphatic rings. The summed E-state index contributed by atoms with van der Waals surface area (Å²) < 4.78 is 10.6. The van der Waals surface area contributed by atoms with Crippen LogP contribution in [-0.4, -0.2) is 37.9 Å². The number of hydrogen-bond donors (Lipinski definition) is 1. The largest absolute Gasteiger partial charge is 0.481 e. The van der Waals surface area contributed by atoms with Crippen LogP contribution in [0.4, 0.5) is 0 Å². The van der Waals surface area contributed by atoms with Crippen LogP contribution in [0.3, 0.4) is 0 Å². The fourth-order valence-electron chi connectivity index (χ4n) is 1.74. The highest BCUT2D eigenvalue weighted by molar-refractivity contribution is 5.18. The molecule has 0 bridgehead atoms. The second-order valence-electron chi connectivity index (χ2n) is 4.22. The second-order valence-corrected chi connectivity index (χ2v) is 4.22. The number of nitrogens with one attached hydrogen (secondary N) is 1. The lowest BCUT2D eigenvalue weighted by Crippen LogP contribution is -2.36. The molecule has 0 radical (unpaired) electrons. The first-order valence-corrected chi connectivity index (χ1v) is 6.60. The van der Waals surface area contributed by atoms with E-state index < -0.39 is 0 Å². The average molecular weight is 252 g/mol. The fraction of sp³-hybridized carbons (Fsp3) is 0.643. The van der Waals surface area contributed by atoms with Gasteiger partial charge in [0.25, 0.3) is 0 Å². The van der Waals surface area contributed by atoms with Gasteiger partial charge in [-0.25, -0.2) is 4.98 Å². The van der Waals surface area contributed by atoms with Crippen molar-refractivity contribution in [1.82, 2.24) is 10.3 Å². The van der Waals surface area contributed by atoms with Gasteiger partial charge in [0.1, 0.15) is 0 Å². The molecule has 0 saturated carbocycles. The second kappa shape index (κ2) is 8.89. The summed E-state index contributed by atoms with van der Waals surface area (Å²) in [7, 11) is 1.63. The Balaban J connectivity index is 2.51. The van der Waals surface area contributed by atoms with Crippen LogP contribution in [0.25, 0.3) is 0 Å². The van der Waals surface area contributed by atoms with Gasteiger partial charge in [-0.05, 0) is 31.9 Å². The summed E-state index contributed by atoms with van der Waals surface area (Å²) in [4.78, 5) is 4.22. The standard InChI is InChI=1S/C14H24N2O2/c1-4-8-15-13(11-18-5-2)9-12-6-7-14(17-3)16-10-12/h6-7,10,13,15H,4-5,8-9,11H2,1-3H3. The molecule has 102 valence electrons. The third kappa shape index (κ3) is 5.47. The molecule has 0 aromatic carbocycles. The Kier molecular flexibility index (Phi) is 7.37. The number of aromatic nitrogens is 1. The van der Waals surface area contributed by atoms with Gasteiger partial charge in [-0.3, -0.25) is 0 Å². The van der Waals surface area contributed by atoms with E-state index in [1.54, 1.807) is 7.11 Å². The maximum atomic E-state index is 5.50. The molecular weight excluding hydrogens is 228 g/mol. The minimum atomic E-state index is 0.347. The molecular formula is C14H24N2O2. The van der Waals surface area contributed by atoms with E-state index in [0.29, 0.717) is 11.9 Å². The van der Waals surface area contributed by atoms with Gasteiger partial charge < -0.3 is 14.8 Å². The number of nitrogens with zero attached hydrogens (tertiary/aromatic N) is 1. The van der Waals surface area contributed by atoms with Gasteiger partial charge >= 0.3 is 0 Å². The molecule has 1 rings (SSSR count). The Labute approximate surface area is 110 Å². The minimum Gasteiger partial charge on any atom is -0.481 e. The topological polar surface area (TPSA) is 43.4 Å². The summed E-state index contributed by atoms with van der Waals surface area (Å²) in [5, 5.41) is 3.50. The first kappa shape index (κ1) is 14.9. The molecule has 1 aromatic rings. The predicted molar refractivity (Wildman–Crippen MR) is 73.1 cm³/mol. The van der Waals surface area contributed by atoms with Crippen LogP contribution < -0.4 is 10.1 Å². The van der Waals surface area contributed by atoms with Crippen molar-refractivity contribution in [2.75, 3.05) is 26.9 Å². The number of rotatable bonds is 9. The molecule has 18 heavy (non-hydrogen) atoms. The van der Waals surface area contributed by atoms with Crippen LogP contribution in [0.5, 0.6) is 5.88 Å². The Morgan fingerprint density at radius 3 is 2.72 bits per heavy atom. The van der Waals surface area contributed by atoms with E-state index >= 15 is 0 Å². The quantitative estimate of drug-likeness (QED) is 0.730. The molecule has 1 aromatic heterocycles. The smallest absolute Gasteiger partial charge is 0.212 e. The molecule has 1 heterocycles. The van der Waals surface area contributed by atoms with E-state index in [4.69, 9.17) is 9.47 Å². The highest BCUT2D eigenvalue weighted by atomic mass is 16.5. The Bertz CT molecular complexity index is 306. The Morgan fingerprint density at radius 2 is 2.17 bits per heavy atom. The van der Waals surface area contributed by atoms with Crippen molar-refractivity contribution in [3.8, 4) is 5.88 Å². The van der Waals surface area contributed by atoms with Crippen molar-refractivity contribution in [1.29, 1.82) is 0 Å². The molecule has 1 N–H and O–H groups in total. The summed E-state index contributed by atoms with van der Waals surface area (Å²) in [5.74, 6) is 0.654. The molecule has 0 amide bonds. The highest BCUT2D eigenvalue weighted by Gasteiger charge is 2.09. The molecule has 4 heteroatoms. The summed E-state index contributed by atoms with van der Waals surface area (Å²) in [5.41, 5.74) is 1.20. The zero-order valence-corrected chi connectivity index (χ0v) is 11.6. The van der Waals surface area contributed by atoms with E-state index in [2.05, 4.69) is 23.3 Å². The summed E-state index contributed by atoms with van der Waals surface area (Å²) in [6.45, 7) is 6.69. The number of methoxy groups -OCH3 is 1. The monoisotopic (exact) mass is 252 g/mol. The van der Waals surface area contributed by atoms with Crippen molar-refractivity contribution in [2.45, 2.75) is 32.7 Å². The van der Waals surface area contributed by atoms with E-state index in [1.807, 2.05) is 19.2 Å². The lowest BCUT2D eigenvalue weighted by molar-refractivity contribution is 0.122. The van der Waals surface area contributed by atoms with Crippen molar-refractivity contribution >= 4 is 0 Å². The molecule has 4 nitrogen and oxygen atoms in total. The van der Waals surface area contributed by atoms with Gasteiger partial charge in [-0.1, -0.05) is 13.0 Å². The van der Waals surface area contributed by atoms with Crippen LogP contribution in [0.1, 0.15) is 25.8 Å². The van der Waals surface area contributed by atoms with E-state index in [-0.39, 0.29) is 0 Å². The Hall–Kier alpha value is -1.13. The average Bonchev–Trinajstić information content (AvgIpc) is 2.42.